The fraction of sp³-hybridized carbons (Fsp3) is 0.474. The molecule has 1 saturated carbocycles. The van der Waals surface area contributed by atoms with E-state index in [1.807, 2.05) is 37.5 Å². The van der Waals surface area contributed by atoms with Crippen molar-refractivity contribution in [3.05, 3.63) is 42.2 Å². The summed E-state index contributed by atoms with van der Waals surface area (Å²) in [5.74, 6) is -1.83. The molecule has 2 aromatic rings. The molecule has 1 aliphatic carbocycles. The zero-order valence-electron chi connectivity index (χ0n) is 15.2. The molecule has 0 spiro atoms. The van der Waals surface area contributed by atoms with E-state index in [-0.39, 0.29) is 18.4 Å². The molecular formula is C19H20ClF3N4O. The third kappa shape index (κ3) is 3.89. The highest BCUT2D eigenvalue weighted by Gasteiger charge is 2.52. The SMILES string of the molecule is Cn1cc(-c2ccc(C3CC3N(CC3CN(Cl)C3)C(=O)C(F)(F)F)cc2)cn1. The Kier molecular flexibility index (Phi) is 4.87. The number of nitrogens with zero attached hydrogens (tertiary/aromatic N) is 4. The number of benzene rings is 1. The summed E-state index contributed by atoms with van der Waals surface area (Å²) < 4.78 is 42.4. The van der Waals surface area contributed by atoms with Crippen LogP contribution in [0.25, 0.3) is 11.1 Å². The highest BCUT2D eigenvalue weighted by Crippen LogP contribution is 2.46. The van der Waals surface area contributed by atoms with Crippen molar-refractivity contribution in [3.8, 4) is 11.1 Å². The van der Waals surface area contributed by atoms with Gasteiger partial charge >= 0.3 is 12.1 Å². The topological polar surface area (TPSA) is 41.4 Å². The lowest BCUT2D eigenvalue weighted by atomic mass is 10.0. The van der Waals surface area contributed by atoms with E-state index in [4.69, 9.17) is 11.8 Å². The second kappa shape index (κ2) is 7.08. The Labute approximate surface area is 165 Å². The summed E-state index contributed by atoms with van der Waals surface area (Å²) in [6.45, 7) is 1.09. The second-order valence-electron chi connectivity index (χ2n) is 7.58. The van der Waals surface area contributed by atoms with Crippen LogP contribution in [0.15, 0.2) is 36.7 Å². The maximum atomic E-state index is 13.1. The Morgan fingerprint density at radius 1 is 1.25 bits per heavy atom. The molecule has 0 bridgehead atoms. The maximum absolute atomic E-state index is 13.1. The minimum atomic E-state index is -4.86. The number of carbonyl (C=O) groups excluding carboxylic acids is 1. The average Bonchev–Trinajstić information content (AvgIpc) is 3.29. The number of aryl methyl sites for hydroxylation is 1. The molecule has 2 aliphatic rings. The molecule has 2 fully saturated rings. The normalized spacial score (nSPS) is 22.8. The lowest BCUT2D eigenvalue weighted by Gasteiger charge is -2.37. The van der Waals surface area contributed by atoms with E-state index in [0.29, 0.717) is 19.5 Å². The van der Waals surface area contributed by atoms with Gasteiger partial charge < -0.3 is 4.90 Å². The monoisotopic (exact) mass is 412 g/mol. The predicted octanol–water partition coefficient (Wildman–Crippen LogP) is 3.42. The van der Waals surface area contributed by atoms with Crippen LogP contribution >= 0.6 is 11.8 Å². The van der Waals surface area contributed by atoms with Gasteiger partial charge in [-0.2, -0.15) is 18.3 Å². The number of rotatable bonds is 5. The van der Waals surface area contributed by atoms with E-state index in [2.05, 4.69) is 5.10 Å². The van der Waals surface area contributed by atoms with E-state index in [1.54, 1.807) is 10.9 Å². The molecule has 2 atom stereocenters. The van der Waals surface area contributed by atoms with Crippen molar-refractivity contribution in [3.63, 3.8) is 0 Å². The summed E-state index contributed by atoms with van der Waals surface area (Å²) in [4.78, 5) is 13.0. The smallest absolute Gasteiger partial charge is 0.331 e. The summed E-state index contributed by atoms with van der Waals surface area (Å²) in [5, 5.41) is 4.14. The minimum Gasteiger partial charge on any atom is -0.331 e. The number of carbonyl (C=O) groups is 1. The molecule has 150 valence electrons. The molecular weight excluding hydrogens is 393 g/mol. The molecule has 0 N–H and O–H groups in total. The van der Waals surface area contributed by atoms with Crippen LogP contribution in [0.2, 0.25) is 0 Å². The van der Waals surface area contributed by atoms with Gasteiger partial charge in [-0.15, -0.1) is 0 Å². The van der Waals surface area contributed by atoms with Crippen LogP contribution in [0, 0.1) is 5.92 Å². The number of hydrogen-bond donors (Lipinski definition) is 0. The molecule has 1 aromatic heterocycles. The van der Waals surface area contributed by atoms with E-state index >= 15 is 0 Å². The first-order valence-electron chi connectivity index (χ1n) is 9.10. The van der Waals surface area contributed by atoms with Gasteiger partial charge in [0.15, 0.2) is 0 Å². The van der Waals surface area contributed by atoms with E-state index in [0.717, 1.165) is 21.6 Å². The summed E-state index contributed by atoms with van der Waals surface area (Å²) in [6.07, 6.45) is -0.651. The molecule has 1 aliphatic heterocycles. The Morgan fingerprint density at radius 3 is 2.46 bits per heavy atom. The van der Waals surface area contributed by atoms with E-state index in [1.165, 1.54) is 4.42 Å². The van der Waals surface area contributed by atoms with E-state index < -0.39 is 18.1 Å². The molecule has 2 heterocycles. The number of aromatic nitrogens is 2. The summed E-state index contributed by atoms with van der Waals surface area (Å²) in [5.41, 5.74) is 2.92. The van der Waals surface area contributed by atoms with Gasteiger partial charge in [-0.3, -0.25) is 9.48 Å². The van der Waals surface area contributed by atoms with Gasteiger partial charge in [-0.25, -0.2) is 4.42 Å². The van der Waals surface area contributed by atoms with E-state index in [9.17, 15) is 18.0 Å². The lowest BCUT2D eigenvalue weighted by Crippen LogP contribution is -2.52. The maximum Gasteiger partial charge on any atom is 0.471 e. The molecule has 0 radical (unpaired) electrons. The van der Waals surface area contributed by atoms with Crippen molar-refractivity contribution in [1.82, 2.24) is 19.1 Å². The minimum absolute atomic E-state index is 0.0157. The summed E-state index contributed by atoms with van der Waals surface area (Å²) in [7, 11) is 1.84. The number of amides is 1. The van der Waals surface area contributed by atoms with Gasteiger partial charge in [0.1, 0.15) is 0 Å². The predicted molar refractivity (Wildman–Crippen MR) is 98.5 cm³/mol. The van der Waals surface area contributed by atoms with Crippen LogP contribution < -0.4 is 0 Å². The highest BCUT2D eigenvalue weighted by molar-refractivity contribution is 6.13. The van der Waals surface area contributed by atoms with Crippen molar-refractivity contribution < 1.29 is 18.0 Å². The highest BCUT2D eigenvalue weighted by atomic mass is 35.5. The van der Waals surface area contributed by atoms with Gasteiger partial charge in [0.05, 0.1) is 6.20 Å². The molecule has 28 heavy (non-hydrogen) atoms. The first-order chi connectivity index (χ1) is 13.2. The van der Waals surface area contributed by atoms with Crippen molar-refractivity contribution in [2.75, 3.05) is 19.6 Å². The van der Waals surface area contributed by atoms with Crippen molar-refractivity contribution in [1.29, 1.82) is 0 Å². The zero-order valence-corrected chi connectivity index (χ0v) is 16.0. The Morgan fingerprint density at radius 2 is 1.93 bits per heavy atom. The molecule has 4 rings (SSSR count). The quantitative estimate of drug-likeness (QED) is 0.707. The first kappa shape index (κ1) is 19.3. The molecule has 5 nitrogen and oxygen atoms in total. The summed E-state index contributed by atoms with van der Waals surface area (Å²) >= 11 is 5.78. The van der Waals surface area contributed by atoms with Gasteiger partial charge in [0.25, 0.3) is 0 Å². The first-order valence-corrected chi connectivity index (χ1v) is 9.43. The Hall–Kier alpha value is -2.06. The van der Waals surface area contributed by atoms with Crippen molar-refractivity contribution >= 4 is 17.7 Å². The second-order valence-corrected chi connectivity index (χ2v) is 8.06. The molecule has 1 saturated heterocycles. The molecule has 2 unspecified atom stereocenters. The lowest BCUT2D eigenvalue weighted by molar-refractivity contribution is -0.187. The third-order valence-electron chi connectivity index (χ3n) is 5.41. The fourth-order valence-corrected chi connectivity index (χ4v) is 4.20. The van der Waals surface area contributed by atoms with Crippen LogP contribution in [-0.4, -0.2) is 56.9 Å². The van der Waals surface area contributed by atoms with Gasteiger partial charge in [0, 0.05) is 56.3 Å². The number of hydrogen-bond acceptors (Lipinski definition) is 3. The van der Waals surface area contributed by atoms with Crippen LogP contribution in [0.3, 0.4) is 0 Å². The van der Waals surface area contributed by atoms with Gasteiger partial charge in [-0.1, -0.05) is 24.3 Å². The largest absolute Gasteiger partial charge is 0.471 e. The molecule has 1 amide bonds. The standard InChI is InChI=1S/C19H20ClF3N4O/c1-25-11-15(7-24-25)13-2-4-14(5-3-13)16-6-17(16)27(18(28)19(21,22)23)10-12-8-26(20)9-12/h2-5,7,11-12,16-17H,6,8-10H2,1H3. The van der Waals surface area contributed by atoms with Gasteiger partial charge in [-0.05, 0) is 29.3 Å². The summed E-state index contributed by atoms with van der Waals surface area (Å²) in [6, 6.07) is 7.31. The van der Waals surface area contributed by atoms with Gasteiger partial charge in [0.2, 0.25) is 0 Å². The fourth-order valence-electron chi connectivity index (χ4n) is 3.81. The Balaban J connectivity index is 1.47. The third-order valence-corrected chi connectivity index (χ3v) is 5.68. The number of alkyl halides is 3. The van der Waals surface area contributed by atoms with Crippen LogP contribution in [0.5, 0.6) is 0 Å². The molecule has 9 heteroatoms. The zero-order chi connectivity index (χ0) is 20.1. The van der Waals surface area contributed by atoms with Crippen LogP contribution in [0.4, 0.5) is 13.2 Å². The Bertz CT molecular complexity index is 861. The van der Waals surface area contributed by atoms with Crippen LogP contribution in [-0.2, 0) is 11.8 Å². The van der Waals surface area contributed by atoms with Crippen molar-refractivity contribution in [2.24, 2.45) is 13.0 Å². The number of halogens is 4. The van der Waals surface area contributed by atoms with Crippen LogP contribution in [0.1, 0.15) is 17.9 Å². The average molecular weight is 413 g/mol. The van der Waals surface area contributed by atoms with Crippen molar-refractivity contribution in [2.45, 2.75) is 24.6 Å². The molecule has 1 aromatic carbocycles.